The second kappa shape index (κ2) is 14.7. The number of unbranched alkanes of at least 4 members (excludes halogenated alkanes) is 1. The SMILES string of the molecule is COC(=O)C(Cc1ccc(O)cc1)NC(=O)C(CC(C)C)C(/C=C/C(C)C)CCCCO. The molecule has 1 aromatic rings. The maximum Gasteiger partial charge on any atom is 0.328 e. The minimum atomic E-state index is -0.807. The second-order valence-electron chi connectivity index (χ2n) is 9.20. The van der Waals surface area contributed by atoms with Gasteiger partial charge in [-0.3, -0.25) is 4.79 Å². The summed E-state index contributed by atoms with van der Waals surface area (Å²) >= 11 is 0. The van der Waals surface area contributed by atoms with Crippen molar-refractivity contribution in [2.45, 2.75) is 65.8 Å². The molecule has 180 valence electrons. The summed E-state index contributed by atoms with van der Waals surface area (Å²) in [4.78, 5) is 25.9. The fourth-order valence-electron chi connectivity index (χ4n) is 3.75. The van der Waals surface area contributed by atoms with E-state index in [1.165, 1.54) is 7.11 Å². The first-order valence-electron chi connectivity index (χ1n) is 11.6. The number of carbonyl (C=O) groups is 2. The van der Waals surface area contributed by atoms with Gasteiger partial charge in [-0.25, -0.2) is 4.79 Å². The number of nitrogens with one attached hydrogen (secondary N) is 1. The van der Waals surface area contributed by atoms with E-state index in [0.717, 1.165) is 18.4 Å². The molecule has 1 rings (SSSR count). The van der Waals surface area contributed by atoms with E-state index < -0.39 is 12.0 Å². The maximum absolute atomic E-state index is 13.4. The number of phenols is 1. The summed E-state index contributed by atoms with van der Waals surface area (Å²) in [6, 6.07) is 5.76. The Morgan fingerprint density at radius 2 is 1.72 bits per heavy atom. The lowest BCUT2D eigenvalue weighted by molar-refractivity contribution is -0.145. The van der Waals surface area contributed by atoms with Crippen molar-refractivity contribution in [1.29, 1.82) is 0 Å². The summed E-state index contributed by atoms with van der Waals surface area (Å²) in [5.74, 6) is -0.0803. The van der Waals surface area contributed by atoms with Crippen LogP contribution >= 0.6 is 0 Å². The first-order valence-corrected chi connectivity index (χ1v) is 11.6. The number of phenolic OH excluding ortho intramolecular Hbond substituents is 1. The molecule has 3 unspecified atom stereocenters. The molecule has 0 radical (unpaired) electrons. The number of allylic oxidation sites excluding steroid dienone is 2. The number of rotatable bonds is 14. The van der Waals surface area contributed by atoms with Crippen LogP contribution in [0.4, 0.5) is 0 Å². The van der Waals surface area contributed by atoms with Gasteiger partial charge < -0.3 is 20.3 Å². The fraction of sp³-hybridized carbons (Fsp3) is 0.615. The predicted octanol–water partition coefficient (Wildman–Crippen LogP) is 4.25. The molecule has 1 amide bonds. The van der Waals surface area contributed by atoms with Crippen LogP contribution < -0.4 is 5.32 Å². The fourth-order valence-corrected chi connectivity index (χ4v) is 3.75. The molecule has 0 aromatic heterocycles. The molecular formula is C26H41NO5. The van der Waals surface area contributed by atoms with Gasteiger partial charge in [0.15, 0.2) is 0 Å². The van der Waals surface area contributed by atoms with Gasteiger partial charge in [-0.05, 0) is 54.7 Å². The smallest absolute Gasteiger partial charge is 0.328 e. The number of aromatic hydroxyl groups is 1. The number of carbonyl (C=O) groups excluding carboxylic acids is 2. The largest absolute Gasteiger partial charge is 0.508 e. The zero-order chi connectivity index (χ0) is 24.1. The summed E-state index contributed by atoms with van der Waals surface area (Å²) < 4.78 is 4.94. The Balaban J connectivity index is 3.09. The zero-order valence-corrected chi connectivity index (χ0v) is 20.2. The van der Waals surface area contributed by atoms with Crippen molar-refractivity contribution < 1.29 is 24.5 Å². The summed E-state index contributed by atoms with van der Waals surface area (Å²) in [7, 11) is 1.31. The number of aliphatic hydroxyl groups is 1. The van der Waals surface area contributed by atoms with Gasteiger partial charge >= 0.3 is 5.97 Å². The number of benzene rings is 1. The Bertz CT molecular complexity index is 711. The highest BCUT2D eigenvalue weighted by molar-refractivity contribution is 5.86. The van der Waals surface area contributed by atoms with E-state index in [9.17, 15) is 19.8 Å². The van der Waals surface area contributed by atoms with E-state index in [2.05, 4.69) is 45.2 Å². The Morgan fingerprint density at radius 3 is 2.25 bits per heavy atom. The predicted molar refractivity (Wildman–Crippen MR) is 127 cm³/mol. The summed E-state index contributed by atoms with van der Waals surface area (Å²) in [5.41, 5.74) is 0.818. The van der Waals surface area contributed by atoms with Gasteiger partial charge in [0, 0.05) is 18.9 Å². The molecule has 3 atom stereocenters. The number of ether oxygens (including phenoxy) is 1. The van der Waals surface area contributed by atoms with E-state index in [-0.39, 0.29) is 36.5 Å². The number of hydrogen-bond donors (Lipinski definition) is 3. The molecule has 6 heteroatoms. The highest BCUT2D eigenvalue weighted by Crippen LogP contribution is 2.28. The van der Waals surface area contributed by atoms with Gasteiger partial charge in [0.25, 0.3) is 0 Å². The molecule has 1 aromatic carbocycles. The molecule has 0 heterocycles. The third-order valence-electron chi connectivity index (χ3n) is 5.45. The lowest BCUT2D eigenvalue weighted by atomic mass is 9.81. The first kappa shape index (κ1) is 27.7. The van der Waals surface area contributed by atoms with Gasteiger partial charge in [0.1, 0.15) is 11.8 Å². The first-order chi connectivity index (χ1) is 15.2. The zero-order valence-electron chi connectivity index (χ0n) is 20.2. The molecule has 0 aliphatic heterocycles. The Labute approximate surface area is 193 Å². The van der Waals surface area contributed by atoms with Crippen molar-refractivity contribution in [2.24, 2.45) is 23.7 Å². The Hall–Kier alpha value is -2.34. The van der Waals surface area contributed by atoms with Crippen LogP contribution in [0, 0.1) is 23.7 Å². The van der Waals surface area contributed by atoms with E-state index >= 15 is 0 Å². The molecule has 0 aliphatic rings. The molecule has 0 saturated carbocycles. The Morgan fingerprint density at radius 1 is 1.06 bits per heavy atom. The van der Waals surface area contributed by atoms with E-state index in [1.807, 2.05) is 0 Å². The van der Waals surface area contributed by atoms with Crippen LogP contribution in [-0.2, 0) is 20.7 Å². The number of aliphatic hydroxyl groups excluding tert-OH is 1. The topological polar surface area (TPSA) is 95.9 Å². The molecule has 3 N–H and O–H groups in total. The standard InChI is InChI=1S/C26H41NO5/c1-18(2)9-12-21(8-6-7-15-28)23(16-19(3)4)25(30)27-24(26(31)32-5)17-20-10-13-22(29)14-11-20/h9-14,18-19,21,23-24,28-29H,6-8,15-17H2,1-5H3,(H,27,30)/b12-9+. The van der Waals surface area contributed by atoms with E-state index in [1.54, 1.807) is 24.3 Å². The third kappa shape index (κ3) is 10.3. The van der Waals surface area contributed by atoms with Crippen molar-refractivity contribution in [3.05, 3.63) is 42.0 Å². The molecule has 0 fully saturated rings. The van der Waals surface area contributed by atoms with Crippen molar-refractivity contribution in [2.75, 3.05) is 13.7 Å². The van der Waals surface area contributed by atoms with Crippen LogP contribution in [0.5, 0.6) is 5.75 Å². The average Bonchev–Trinajstić information content (AvgIpc) is 2.74. The van der Waals surface area contributed by atoms with Crippen molar-refractivity contribution in [3.63, 3.8) is 0 Å². The number of esters is 1. The van der Waals surface area contributed by atoms with Crippen LogP contribution in [0.3, 0.4) is 0 Å². The van der Waals surface area contributed by atoms with E-state index in [4.69, 9.17) is 4.74 Å². The van der Waals surface area contributed by atoms with Crippen molar-refractivity contribution >= 4 is 11.9 Å². The number of hydrogen-bond acceptors (Lipinski definition) is 5. The van der Waals surface area contributed by atoms with Gasteiger partial charge in [-0.1, -0.05) is 58.4 Å². The monoisotopic (exact) mass is 447 g/mol. The number of methoxy groups -OCH3 is 1. The van der Waals surface area contributed by atoms with E-state index in [0.29, 0.717) is 24.7 Å². The minimum Gasteiger partial charge on any atom is -0.508 e. The highest BCUT2D eigenvalue weighted by atomic mass is 16.5. The van der Waals surface area contributed by atoms with Gasteiger partial charge in [0.05, 0.1) is 7.11 Å². The van der Waals surface area contributed by atoms with Crippen LogP contribution in [0.15, 0.2) is 36.4 Å². The van der Waals surface area contributed by atoms with Gasteiger partial charge in [-0.2, -0.15) is 0 Å². The van der Waals surface area contributed by atoms with Gasteiger partial charge in [0.2, 0.25) is 5.91 Å². The second-order valence-corrected chi connectivity index (χ2v) is 9.20. The maximum atomic E-state index is 13.4. The quantitative estimate of drug-likeness (QED) is 0.225. The van der Waals surface area contributed by atoms with Crippen LogP contribution in [0.25, 0.3) is 0 Å². The minimum absolute atomic E-state index is 0.0262. The molecular weight excluding hydrogens is 406 g/mol. The van der Waals surface area contributed by atoms with Crippen LogP contribution in [-0.4, -0.2) is 41.8 Å². The van der Waals surface area contributed by atoms with Crippen LogP contribution in [0.1, 0.15) is 58.9 Å². The average molecular weight is 448 g/mol. The normalized spacial score (nSPS) is 14.5. The lowest BCUT2D eigenvalue weighted by Crippen LogP contribution is -2.47. The van der Waals surface area contributed by atoms with Crippen LogP contribution in [0.2, 0.25) is 0 Å². The summed E-state index contributed by atoms with van der Waals surface area (Å²) in [6.45, 7) is 8.52. The van der Waals surface area contributed by atoms with Crippen molar-refractivity contribution in [3.8, 4) is 5.75 Å². The summed E-state index contributed by atoms with van der Waals surface area (Å²) in [5, 5.41) is 21.6. The van der Waals surface area contributed by atoms with Gasteiger partial charge in [-0.15, -0.1) is 0 Å². The number of amides is 1. The molecule has 0 saturated heterocycles. The molecule has 0 spiro atoms. The molecule has 0 bridgehead atoms. The summed E-state index contributed by atoms with van der Waals surface area (Å²) in [6.07, 6.45) is 7.57. The molecule has 32 heavy (non-hydrogen) atoms. The Kier molecular flexibility index (Phi) is 12.7. The lowest BCUT2D eigenvalue weighted by Gasteiger charge is -2.28. The highest BCUT2D eigenvalue weighted by Gasteiger charge is 2.31. The molecule has 6 nitrogen and oxygen atoms in total. The molecule has 0 aliphatic carbocycles. The van der Waals surface area contributed by atoms with Crippen molar-refractivity contribution in [1.82, 2.24) is 5.32 Å². The third-order valence-corrected chi connectivity index (χ3v) is 5.45.